The van der Waals surface area contributed by atoms with Crippen LogP contribution < -0.4 is 24.8 Å². The van der Waals surface area contributed by atoms with Crippen molar-refractivity contribution in [1.29, 1.82) is 0 Å². The van der Waals surface area contributed by atoms with Crippen LogP contribution in [0, 0.1) is 0 Å². The normalized spacial score (nSPS) is 9.96. The highest BCUT2D eigenvalue weighted by molar-refractivity contribution is 5.81. The zero-order chi connectivity index (χ0) is 17.4. The molecule has 128 valence electrons. The van der Waals surface area contributed by atoms with Crippen LogP contribution in [0.2, 0.25) is 0 Å². The molecule has 2 rings (SSSR count). The molecule has 0 fully saturated rings. The van der Waals surface area contributed by atoms with Gasteiger partial charge in [-0.25, -0.2) is 0 Å². The Balaban J connectivity index is 1.87. The summed E-state index contributed by atoms with van der Waals surface area (Å²) in [5.41, 5.74) is 1.71. The minimum Gasteiger partial charge on any atom is -0.495 e. The molecule has 0 spiro atoms. The molecule has 0 aliphatic rings. The Bertz CT molecular complexity index is 688. The van der Waals surface area contributed by atoms with Crippen molar-refractivity contribution in [2.75, 3.05) is 33.2 Å². The smallest absolute Gasteiger partial charge is 0.239 e. The number of para-hydroxylation sites is 2. The number of amides is 1. The fourth-order valence-electron chi connectivity index (χ4n) is 2.22. The minimum absolute atomic E-state index is 0.115. The third-order valence-corrected chi connectivity index (χ3v) is 3.48. The predicted molar refractivity (Wildman–Crippen MR) is 92.9 cm³/mol. The van der Waals surface area contributed by atoms with E-state index in [4.69, 9.17) is 14.2 Å². The predicted octanol–water partition coefficient (Wildman–Crippen LogP) is 2.44. The van der Waals surface area contributed by atoms with Crippen molar-refractivity contribution < 1.29 is 19.0 Å². The summed E-state index contributed by atoms with van der Waals surface area (Å²) in [6, 6.07) is 13.0. The number of methoxy groups -OCH3 is 3. The van der Waals surface area contributed by atoms with Crippen molar-refractivity contribution in [2.45, 2.75) is 6.54 Å². The third-order valence-electron chi connectivity index (χ3n) is 3.48. The molecule has 0 aliphatic heterocycles. The summed E-state index contributed by atoms with van der Waals surface area (Å²) in [5.74, 6) is 1.88. The van der Waals surface area contributed by atoms with Gasteiger partial charge in [0.25, 0.3) is 0 Å². The molecule has 0 radical (unpaired) electrons. The van der Waals surface area contributed by atoms with Crippen LogP contribution in [0.15, 0.2) is 42.5 Å². The first-order valence-corrected chi connectivity index (χ1v) is 7.52. The lowest BCUT2D eigenvalue weighted by atomic mass is 10.2. The second-order valence-electron chi connectivity index (χ2n) is 5.02. The van der Waals surface area contributed by atoms with Gasteiger partial charge in [0.15, 0.2) is 11.5 Å². The maximum Gasteiger partial charge on any atom is 0.239 e. The Labute approximate surface area is 141 Å². The van der Waals surface area contributed by atoms with E-state index in [2.05, 4.69) is 10.6 Å². The molecule has 6 heteroatoms. The van der Waals surface area contributed by atoms with Gasteiger partial charge in [-0.3, -0.25) is 4.79 Å². The number of ether oxygens (including phenoxy) is 3. The topological polar surface area (TPSA) is 68.8 Å². The van der Waals surface area contributed by atoms with Gasteiger partial charge in [0, 0.05) is 6.54 Å². The lowest BCUT2D eigenvalue weighted by molar-refractivity contribution is -0.119. The van der Waals surface area contributed by atoms with Crippen molar-refractivity contribution in [3.8, 4) is 17.2 Å². The van der Waals surface area contributed by atoms with Crippen LogP contribution in [-0.2, 0) is 11.3 Å². The van der Waals surface area contributed by atoms with Crippen molar-refractivity contribution >= 4 is 11.6 Å². The van der Waals surface area contributed by atoms with Gasteiger partial charge in [-0.1, -0.05) is 18.2 Å². The van der Waals surface area contributed by atoms with Gasteiger partial charge in [-0.05, 0) is 29.8 Å². The van der Waals surface area contributed by atoms with E-state index in [1.54, 1.807) is 21.3 Å². The number of carbonyl (C=O) groups is 1. The molecule has 0 heterocycles. The van der Waals surface area contributed by atoms with E-state index in [0.29, 0.717) is 23.8 Å². The van der Waals surface area contributed by atoms with Crippen LogP contribution in [-0.4, -0.2) is 33.8 Å². The van der Waals surface area contributed by atoms with Crippen molar-refractivity contribution in [2.24, 2.45) is 0 Å². The summed E-state index contributed by atoms with van der Waals surface area (Å²) in [7, 11) is 4.76. The Morgan fingerprint density at radius 3 is 2.33 bits per heavy atom. The van der Waals surface area contributed by atoms with E-state index in [1.807, 2.05) is 42.5 Å². The summed E-state index contributed by atoms with van der Waals surface area (Å²) in [5, 5.41) is 5.92. The molecule has 2 N–H and O–H groups in total. The fourth-order valence-corrected chi connectivity index (χ4v) is 2.22. The van der Waals surface area contributed by atoms with Crippen LogP contribution in [0.5, 0.6) is 17.2 Å². The highest BCUT2D eigenvalue weighted by Crippen LogP contribution is 2.27. The maximum atomic E-state index is 12.0. The summed E-state index contributed by atoms with van der Waals surface area (Å²) in [6.07, 6.45) is 0. The molecule has 0 aliphatic carbocycles. The van der Waals surface area contributed by atoms with Crippen LogP contribution in [0.4, 0.5) is 5.69 Å². The quantitative estimate of drug-likeness (QED) is 0.778. The Morgan fingerprint density at radius 1 is 0.917 bits per heavy atom. The molecule has 0 saturated heterocycles. The fraction of sp³-hybridized carbons (Fsp3) is 0.278. The lowest BCUT2D eigenvalue weighted by Crippen LogP contribution is -2.29. The molecular formula is C18H22N2O4. The Kier molecular flexibility index (Phi) is 6.31. The summed E-state index contributed by atoms with van der Waals surface area (Å²) in [4.78, 5) is 12.0. The van der Waals surface area contributed by atoms with E-state index >= 15 is 0 Å². The van der Waals surface area contributed by atoms with Gasteiger partial charge in [-0.15, -0.1) is 0 Å². The third kappa shape index (κ3) is 4.55. The molecular weight excluding hydrogens is 308 g/mol. The molecule has 2 aromatic carbocycles. The molecule has 2 aromatic rings. The molecule has 0 saturated carbocycles. The number of nitrogens with one attached hydrogen (secondary N) is 2. The SMILES string of the molecule is COc1ccccc1NCC(=O)NCc1ccc(OC)c(OC)c1. The van der Waals surface area contributed by atoms with E-state index in [-0.39, 0.29) is 12.5 Å². The second-order valence-corrected chi connectivity index (χ2v) is 5.02. The monoisotopic (exact) mass is 330 g/mol. The first kappa shape index (κ1) is 17.5. The van der Waals surface area contributed by atoms with Gasteiger partial charge in [-0.2, -0.15) is 0 Å². The van der Waals surface area contributed by atoms with Gasteiger partial charge in [0.2, 0.25) is 5.91 Å². The standard InChI is InChI=1S/C18H22N2O4/c1-22-15-7-5-4-6-14(15)19-12-18(21)20-11-13-8-9-16(23-2)17(10-13)24-3/h4-10,19H,11-12H2,1-3H3,(H,20,21). The summed E-state index contributed by atoms with van der Waals surface area (Å²) in [6.45, 7) is 0.570. The van der Waals surface area contributed by atoms with E-state index in [0.717, 1.165) is 11.3 Å². The molecule has 0 atom stereocenters. The number of anilines is 1. The minimum atomic E-state index is -0.115. The number of carbonyl (C=O) groups excluding carboxylic acids is 1. The van der Waals surface area contributed by atoms with Gasteiger partial charge >= 0.3 is 0 Å². The number of hydrogen-bond donors (Lipinski definition) is 2. The van der Waals surface area contributed by atoms with Crippen LogP contribution >= 0.6 is 0 Å². The molecule has 0 bridgehead atoms. The zero-order valence-corrected chi connectivity index (χ0v) is 14.1. The Morgan fingerprint density at radius 2 is 1.62 bits per heavy atom. The average molecular weight is 330 g/mol. The first-order valence-electron chi connectivity index (χ1n) is 7.52. The highest BCUT2D eigenvalue weighted by Gasteiger charge is 2.07. The highest BCUT2D eigenvalue weighted by atomic mass is 16.5. The van der Waals surface area contributed by atoms with Crippen LogP contribution in [0.25, 0.3) is 0 Å². The average Bonchev–Trinajstić information content (AvgIpc) is 2.64. The number of hydrogen-bond acceptors (Lipinski definition) is 5. The number of rotatable bonds is 8. The maximum absolute atomic E-state index is 12.0. The van der Waals surface area contributed by atoms with E-state index in [1.165, 1.54) is 0 Å². The van der Waals surface area contributed by atoms with E-state index in [9.17, 15) is 4.79 Å². The van der Waals surface area contributed by atoms with Gasteiger partial charge in [0.05, 0.1) is 33.6 Å². The van der Waals surface area contributed by atoms with Crippen LogP contribution in [0.1, 0.15) is 5.56 Å². The molecule has 0 unspecified atom stereocenters. The Hall–Kier alpha value is -2.89. The largest absolute Gasteiger partial charge is 0.495 e. The van der Waals surface area contributed by atoms with Gasteiger partial charge < -0.3 is 24.8 Å². The zero-order valence-electron chi connectivity index (χ0n) is 14.1. The second kappa shape index (κ2) is 8.67. The molecule has 0 aromatic heterocycles. The number of benzene rings is 2. The van der Waals surface area contributed by atoms with Crippen LogP contribution in [0.3, 0.4) is 0 Å². The molecule has 1 amide bonds. The molecule has 24 heavy (non-hydrogen) atoms. The summed E-state index contributed by atoms with van der Waals surface area (Å²) >= 11 is 0. The van der Waals surface area contributed by atoms with E-state index < -0.39 is 0 Å². The van der Waals surface area contributed by atoms with Crippen molar-refractivity contribution in [3.05, 3.63) is 48.0 Å². The van der Waals surface area contributed by atoms with Crippen molar-refractivity contribution in [1.82, 2.24) is 5.32 Å². The van der Waals surface area contributed by atoms with Gasteiger partial charge in [0.1, 0.15) is 5.75 Å². The first-order chi connectivity index (χ1) is 11.7. The molecule has 6 nitrogen and oxygen atoms in total. The summed E-state index contributed by atoms with van der Waals surface area (Å²) < 4.78 is 15.7. The lowest BCUT2D eigenvalue weighted by Gasteiger charge is -2.12. The van der Waals surface area contributed by atoms with Crippen molar-refractivity contribution in [3.63, 3.8) is 0 Å².